The number of sulfone groups is 1. The molecule has 0 bridgehead atoms. The molecule has 0 atom stereocenters. The second kappa shape index (κ2) is 8.57. The summed E-state index contributed by atoms with van der Waals surface area (Å²) in [6.45, 7) is 0. The third-order valence-corrected chi connectivity index (χ3v) is 8.09. The Labute approximate surface area is 200 Å². The Morgan fingerprint density at radius 1 is 1.12 bits per heavy atom. The molecular weight excluding hydrogens is 452 g/mol. The average Bonchev–Trinajstić information content (AvgIpc) is 3.22. The third kappa shape index (κ3) is 4.14. The van der Waals surface area contributed by atoms with Crippen molar-refractivity contribution in [2.75, 3.05) is 10.6 Å². The Balaban J connectivity index is 0.00000180. The van der Waals surface area contributed by atoms with Crippen LogP contribution in [0, 0.1) is 5.92 Å². The second-order valence-corrected chi connectivity index (χ2v) is 10.5. The lowest BCUT2D eigenvalue weighted by atomic mass is 9.86. The maximum atomic E-state index is 13.3. The summed E-state index contributed by atoms with van der Waals surface area (Å²) in [6.07, 6.45) is 6.00. The molecule has 3 aromatic rings. The summed E-state index contributed by atoms with van der Waals surface area (Å²) in [7, 11) is -1.91. The van der Waals surface area contributed by atoms with Crippen molar-refractivity contribution in [3.63, 3.8) is 0 Å². The van der Waals surface area contributed by atoms with Gasteiger partial charge in [-0.1, -0.05) is 24.3 Å². The number of carbonyl (C=O) groups is 2. The first kappa shape index (κ1) is 22.1. The molecule has 9 heteroatoms. The minimum atomic E-state index is -3.68. The van der Waals surface area contributed by atoms with Crippen molar-refractivity contribution in [2.45, 2.75) is 35.5 Å². The second-order valence-electron chi connectivity index (χ2n) is 8.62. The summed E-state index contributed by atoms with van der Waals surface area (Å²) < 4.78 is 27.8. The SMILES string of the molecule is Cn1ccc(NC(=O)/C(=C/C2CCC(=O)CC2)c2ccc3c(c2)Nc2ccccc2S3(=O)=O)n1.[HH].[HH]. The number of allylic oxidation sites excluding steroid dienone is 1. The van der Waals surface area contributed by atoms with E-state index in [4.69, 9.17) is 0 Å². The number of aromatic nitrogens is 2. The van der Waals surface area contributed by atoms with Crippen LogP contribution in [0.25, 0.3) is 5.57 Å². The van der Waals surface area contributed by atoms with E-state index in [0.29, 0.717) is 54.0 Å². The zero-order valence-corrected chi connectivity index (χ0v) is 19.4. The van der Waals surface area contributed by atoms with Crippen LogP contribution in [-0.2, 0) is 26.5 Å². The predicted molar refractivity (Wildman–Crippen MR) is 133 cm³/mol. The molecule has 178 valence electrons. The van der Waals surface area contributed by atoms with E-state index in [1.165, 1.54) is 6.07 Å². The van der Waals surface area contributed by atoms with Crippen molar-refractivity contribution in [1.82, 2.24) is 9.78 Å². The molecule has 2 aliphatic rings. The quantitative estimate of drug-likeness (QED) is 0.414. The summed E-state index contributed by atoms with van der Waals surface area (Å²) in [6, 6.07) is 13.3. The van der Waals surface area contributed by atoms with Gasteiger partial charge >= 0.3 is 0 Å². The molecule has 0 saturated heterocycles. The van der Waals surface area contributed by atoms with E-state index in [2.05, 4.69) is 15.7 Å². The molecule has 2 aromatic carbocycles. The Bertz CT molecular complexity index is 1440. The molecule has 1 aliphatic heterocycles. The number of nitrogens with one attached hydrogen (secondary N) is 2. The summed E-state index contributed by atoms with van der Waals surface area (Å²) in [5, 5.41) is 10.2. The Kier molecular flexibility index (Phi) is 5.57. The normalized spacial score (nSPS) is 17.4. The molecule has 1 saturated carbocycles. The van der Waals surface area contributed by atoms with Gasteiger partial charge < -0.3 is 10.6 Å². The number of para-hydroxylation sites is 1. The number of fused-ring (bicyclic) bond motifs is 2. The van der Waals surface area contributed by atoms with Crippen LogP contribution in [0.2, 0.25) is 0 Å². The van der Waals surface area contributed by atoms with Gasteiger partial charge in [0.2, 0.25) is 9.84 Å². The number of hydrogen-bond donors (Lipinski definition) is 2. The fraction of sp³-hybridized carbons (Fsp3) is 0.240. The van der Waals surface area contributed by atoms with Crippen LogP contribution in [0.1, 0.15) is 34.1 Å². The van der Waals surface area contributed by atoms with Crippen LogP contribution in [0.3, 0.4) is 0 Å². The van der Waals surface area contributed by atoms with Crippen molar-refractivity contribution in [3.05, 3.63) is 66.4 Å². The maximum absolute atomic E-state index is 13.3. The Morgan fingerprint density at radius 2 is 1.85 bits per heavy atom. The van der Waals surface area contributed by atoms with Gasteiger partial charge in [-0.15, -0.1) is 0 Å². The van der Waals surface area contributed by atoms with E-state index in [0.717, 1.165) is 0 Å². The number of amides is 1. The Morgan fingerprint density at radius 3 is 2.59 bits per heavy atom. The van der Waals surface area contributed by atoms with Gasteiger partial charge in [-0.25, -0.2) is 8.42 Å². The molecule has 2 heterocycles. The molecule has 1 aliphatic carbocycles. The number of anilines is 3. The average molecular weight is 481 g/mol. The summed E-state index contributed by atoms with van der Waals surface area (Å²) >= 11 is 0. The number of carbonyl (C=O) groups excluding carboxylic acids is 2. The lowest BCUT2D eigenvalue weighted by Crippen LogP contribution is -2.18. The topological polar surface area (TPSA) is 110 Å². The number of benzene rings is 2. The monoisotopic (exact) mass is 480 g/mol. The molecule has 8 nitrogen and oxygen atoms in total. The van der Waals surface area contributed by atoms with E-state index in [1.807, 2.05) is 6.08 Å². The number of ketones is 1. The first-order valence-corrected chi connectivity index (χ1v) is 12.6. The van der Waals surface area contributed by atoms with Gasteiger partial charge in [0, 0.05) is 40.6 Å². The van der Waals surface area contributed by atoms with E-state index in [-0.39, 0.29) is 30.3 Å². The Hall–Kier alpha value is -3.72. The van der Waals surface area contributed by atoms with E-state index in [9.17, 15) is 18.0 Å². The summed E-state index contributed by atoms with van der Waals surface area (Å²) in [5.41, 5.74) is 1.94. The van der Waals surface area contributed by atoms with Crippen molar-refractivity contribution in [3.8, 4) is 0 Å². The molecule has 5 rings (SSSR count). The van der Waals surface area contributed by atoms with Crippen LogP contribution in [0.5, 0.6) is 0 Å². The number of rotatable bonds is 4. The summed E-state index contributed by atoms with van der Waals surface area (Å²) in [5.74, 6) is 0.404. The van der Waals surface area contributed by atoms with Crippen molar-refractivity contribution in [1.29, 1.82) is 0 Å². The highest BCUT2D eigenvalue weighted by Gasteiger charge is 2.30. The van der Waals surface area contributed by atoms with Gasteiger partial charge in [0.1, 0.15) is 5.78 Å². The van der Waals surface area contributed by atoms with Gasteiger partial charge in [-0.05, 0) is 48.6 Å². The lowest BCUT2D eigenvalue weighted by molar-refractivity contribution is -0.120. The number of Topliss-reactive ketones (excluding diaryl/α,β-unsaturated/α-hetero) is 1. The van der Waals surface area contributed by atoms with Crippen molar-refractivity contribution < 1.29 is 20.9 Å². The fourth-order valence-electron chi connectivity index (χ4n) is 4.43. The molecule has 1 amide bonds. The standard InChI is InChI=1S/C25H24N4O4S.2H2/c1-29-13-12-24(28-29)27-25(31)19(14-16-6-9-18(30)10-7-16)17-8-11-23-21(15-17)26-20-4-2-3-5-22(20)34(23,32)33;;/h2-5,8,11-16,26H,6-7,9-10H2,1H3,(H,27,28,31);2*1H/b19-14+;;. The molecule has 0 radical (unpaired) electrons. The highest BCUT2D eigenvalue weighted by molar-refractivity contribution is 7.92. The molecule has 34 heavy (non-hydrogen) atoms. The molecular formula is C25H28N4O4S. The van der Waals surface area contributed by atoms with Crippen LogP contribution >= 0.6 is 0 Å². The van der Waals surface area contributed by atoms with Crippen molar-refractivity contribution >= 4 is 44.3 Å². The lowest BCUT2D eigenvalue weighted by Gasteiger charge is -2.23. The van der Waals surface area contributed by atoms with Crippen LogP contribution < -0.4 is 10.6 Å². The molecule has 0 spiro atoms. The van der Waals surface area contributed by atoms with Gasteiger partial charge in [-0.3, -0.25) is 14.3 Å². The van der Waals surface area contributed by atoms with Crippen LogP contribution in [0.15, 0.2) is 70.6 Å². The number of hydrogen-bond acceptors (Lipinski definition) is 6. The van der Waals surface area contributed by atoms with Gasteiger partial charge in [-0.2, -0.15) is 5.10 Å². The zero-order valence-electron chi connectivity index (χ0n) is 18.6. The molecule has 0 unspecified atom stereocenters. The van der Waals surface area contributed by atoms with Crippen LogP contribution in [-0.4, -0.2) is 29.9 Å². The van der Waals surface area contributed by atoms with E-state index in [1.54, 1.807) is 60.4 Å². The minimum Gasteiger partial charge on any atom is -0.353 e. The van der Waals surface area contributed by atoms with Gasteiger partial charge in [0.05, 0.1) is 21.2 Å². The maximum Gasteiger partial charge on any atom is 0.257 e. The zero-order chi connectivity index (χ0) is 23.9. The van der Waals surface area contributed by atoms with Crippen molar-refractivity contribution in [2.24, 2.45) is 13.0 Å². The molecule has 1 aromatic heterocycles. The highest BCUT2D eigenvalue weighted by Crippen LogP contribution is 2.40. The van der Waals surface area contributed by atoms with E-state index >= 15 is 0 Å². The summed E-state index contributed by atoms with van der Waals surface area (Å²) in [4.78, 5) is 25.4. The number of aryl methyl sites for hydroxylation is 1. The molecule has 2 N–H and O–H groups in total. The predicted octanol–water partition coefficient (Wildman–Crippen LogP) is 4.58. The first-order chi connectivity index (χ1) is 16.3. The third-order valence-electron chi connectivity index (χ3n) is 6.22. The smallest absolute Gasteiger partial charge is 0.257 e. The van der Waals surface area contributed by atoms with Gasteiger partial charge in [0.25, 0.3) is 5.91 Å². The van der Waals surface area contributed by atoms with E-state index < -0.39 is 9.84 Å². The van der Waals surface area contributed by atoms with Gasteiger partial charge in [0.15, 0.2) is 5.82 Å². The first-order valence-electron chi connectivity index (χ1n) is 11.1. The highest BCUT2D eigenvalue weighted by atomic mass is 32.2. The minimum absolute atomic E-state index is 0. The van der Waals surface area contributed by atoms with Crippen LogP contribution in [0.4, 0.5) is 17.2 Å². The fourth-order valence-corrected chi connectivity index (χ4v) is 5.98. The number of nitrogens with zero attached hydrogens (tertiary/aromatic N) is 2. The largest absolute Gasteiger partial charge is 0.353 e. The molecule has 1 fully saturated rings.